The predicted molar refractivity (Wildman–Crippen MR) is 152 cm³/mol. The van der Waals surface area contributed by atoms with Crippen molar-refractivity contribution in [1.82, 2.24) is 5.43 Å². The summed E-state index contributed by atoms with van der Waals surface area (Å²) in [7, 11) is 1.57. The monoisotopic (exact) mass is 525 g/mol. The number of hydrazone groups is 1. The van der Waals surface area contributed by atoms with Gasteiger partial charge in [-0.05, 0) is 71.3 Å². The summed E-state index contributed by atoms with van der Waals surface area (Å²) in [5, 5.41) is 9.06. The van der Waals surface area contributed by atoms with E-state index in [-0.39, 0.29) is 24.7 Å². The lowest BCUT2D eigenvalue weighted by atomic mass is 10.1. The highest BCUT2D eigenvalue weighted by Gasteiger charge is 2.09. The van der Waals surface area contributed by atoms with Crippen molar-refractivity contribution in [3.05, 3.63) is 96.1 Å². The summed E-state index contributed by atoms with van der Waals surface area (Å²) >= 11 is 0. The Morgan fingerprint density at radius 1 is 0.846 bits per heavy atom. The lowest BCUT2D eigenvalue weighted by Gasteiger charge is -2.12. The van der Waals surface area contributed by atoms with Crippen molar-refractivity contribution in [1.29, 1.82) is 0 Å². The van der Waals surface area contributed by atoms with E-state index >= 15 is 0 Å². The standard InChI is InChI=1S/C31H31N3O5/c1-3-38-26-14-12-25(13-15-26)33-30(35)17-18-31(36)34-32-20-22-11-16-28(29(19-22)37-2)39-21-24-9-6-8-23-7-4-5-10-27(23)24/h4-16,19-20H,3,17-18,21H2,1-2H3,(H,33,35)(H,34,36). The highest BCUT2D eigenvalue weighted by atomic mass is 16.5. The number of methoxy groups -OCH3 is 1. The van der Waals surface area contributed by atoms with Gasteiger partial charge in [-0.15, -0.1) is 0 Å². The van der Waals surface area contributed by atoms with E-state index in [0.29, 0.717) is 30.4 Å². The van der Waals surface area contributed by atoms with Gasteiger partial charge in [-0.1, -0.05) is 42.5 Å². The number of nitrogens with zero attached hydrogens (tertiary/aromatic N) is 1. The molecule has 2 N–H and O–H groups in total. The average molecular weight is 526 g/mol. The SMILES string of the molecule is CCOc1ccc(NC(=O)CCC(=O)NN=Cc2ccc(OCc3cccc4ccccc34)c(OC)c2)cc1. The van der Waals surface area contributed by atoms with E-state index in [0.717, 1.165) is 27.6 Å². The molecule has 4 rings (SSSR count). The topological polar surface area (TPSA) is 98.2 Å². The normalized spacial score (nSPS) is 10.8. The molecule has 0 bridgehead atoms. The number of carbonyl (C=O) groups is 2. The highest BCUT2D eigenvalue weighted by molar-refractivity contribution is 5.93. The summed E-state index contributed by atoms with van der Waals surface area (Å²) in [4.78, 5) is 24.3. The lowest BCUT2D eigenvalue weighted by molar-refractivity contribution is -0.124. The molecular weight excluding hydrogens is 494 g/mol. The minimum Gasteiger partial charge on any atom is -0.494 e. The molecule has 0 spiro atoms. The predicted octanol–water partition coefficient (Wildman–Crippen LogP) is 5.70. The van der Waals surface area contributed by atoms with Crippen LogP contribution in [0.1, 0.15) is 30.9 Å². The van der Waals surface area contributed by atoms with E-state index in [1.54, 1.807) is 43.5 Å². The van der Waals surface area contributed by atoms with Crippen LogP contribution in [-0.2, 0) is 16.2 Å². The van der Waals surface area contributed by atoms with E-state index in [9.17, 15) is 9.59 Å². The molecule has 8 nitrogen and oxygen atoms in total. The number of amides is 2. The zero-order chi connectivity index (χ0) is 27.5. The number of hydrogen-bond acceptors (Lipinski definition) is 6. The molecule has 8 heteroatoms. The quantitative estimate of drug-likeness (QED) is 0.183. The second kappa shape index (κ2) is 13.6. The molecule has 2 amide bonds. The zero-order valence-electron chi connectivity index (χ0n) is 22.0. The van der Waals surface area contributed by atoms with Gasteiger partial charge in [0.25, 0.3) is 0 Å². The maximum Gasteiger partial charge on any atom is 0.240 e. The molecule has 0 saturated carbocycles. The first-order chi connectivity index (χ1) is 19.1. The van der Waals surface area contributed by atoms with Crippen LogP contribution in [0.4, 0.5) is 5.69 Å². The number of rotatable bonds is 12. The minimum atomic E-state index is -0.366. The smallest absolute Gasteiger partial charge is 0.240 e. The molecule has 200 valence electrons. The molecule has 0 radical (unpaired) electrons. The third-order valence-electron chi connectivity index (χ3n) is 5.88. The molecule has 4 aromatic rings. The second-order valence-corrected chi connectivity index (χ2v) is 8.64. The number of ether oxygens (including phenoxy) is 3. The molecule has 0 heterocycles. The Labute approximate surface area is 227 Å². The van der Waals surface area contributed by atoms with Gasteiger partial charge < -0.3 is 19.5 Å². The van der Waals surface area contributed by atoms with Gasteiger partial charge in [-0.3, -0.25) is 9.59 Å². The van der Waals surface area contributed by atoms with Gasteiger partial charge in [0.05, 0.1) is 19.9 Å². The maximum absolute atomic E-state index is 12.1. The minimum absolute atomic E-state index is 0.00443. The molecule has 0 aliphatic heterocycles. The molecule has 4 aromatic carbocycles. The third-order valence-corrected chi connectivity index (χ3v) is 5.88. The summed E-state index contributed by atoms with van der Waals surface area (Å²) in [6.07, 6.45) is 1.55. The Balaban J connectivity index is 1.25. The van der Waals surface area contributed by atoms with Gasteiger partial charge in [-0.25, -0.2) is 5.43 Å². The molecule has 0 atom stereocenters. The molecular formula is C31H31N3O5. The Morgan fingerprint density at radius 3 is 2.41 bits per heavy atom. The van der Waals surface area contributed by atoms with Gasteiger partial charge in [-0.2, -0.15) is 5.10 Å². The number of fused-ring (bicyclic) bond motifs is 1. The summed E-state index contributed by atoms with van der Waals surface area (Å²) in [5.74, 6) is 1.26. The summed E-state index contributed by atoms with van der Waals surface area (Å²) in [6.45, 7) is 2.87. The number of benzene rings is 4. The fraction of sp³-hybridized carbons (Fsp3) is 0.194. The van der Waals surface area contributed by atoms with Crippen molar-refractivity contribution >= 4 is 34.5 Å². The van der Waals surface area contributed by atoms with Crippen molar-refractivity contribution < 1.29 is 23.8 Å². The van der Waals surface area contributed by atoms with Gasteiger partial charge in [0, 0.05) is 18.5 Å². The Morgan fingerprint density at radius 2 is 1.62 bits per heavy atom. The van der Waals surface area contributed by atoms with Gasteiger partial charge >= 0.3 is 0 Å². The van der Waals surface area contributed by atoms with E-state index in [4.69, 9.17) is 14.2 Å². The lowest BCUT2D eigenvalue weighted by Crippen LogP contribution is -2.20. The Hall–Kier alpha value is -4.85. The average Bonchev–Trinajstić information content (AvgIpc) is 2.96. The number of anilines is 1. The molecule has 0 saturated heterocycles. The van der Waals surface area contributed by atoms with Crippen molar-refractivity contribution in [2.24, 2.45) is 5.10 Å². The van der Waals surface area contributed by atoms with Crippen LogP contribution < -0.4 is 25.0 Å². The first-order valence-corrected chi connectivity index (χ1v) is 12.7. The number of carbonyl (C=O) groups excluding carboxylic acids is 2. The fourth-order valence-corrected chi connectivity index (χ4v) is 3.94. The molecule has 0 aliphatic rings. The van der Waals surface area contributed by atoms with Crippen molar-refractivity contribution in [3.8, 4) is 17.2 Å². The zero-order valence-corrected chi connectivity index (χ0v) is 22.0. The van der Waals surface area contributed by atoms with Crippen LogP contribution in [-0.4, -0.2) is 31.7 Å². The van der Waals surface area contributed by atoms with Crippen molar-refractivity contribution in [2.75, 3.05) is 19.0 Å². The van der Waals surface area contributed by atoms with Crippen LogP contribution in [0.2, 0.25) is 0 Å². The van der Waals surface area contributed by atoms with Gasteiger partial charge in [0.2, 0.25) is 11.8 Å². The van der Waals surface area contributed by atoms with Gasteiger partial charge in [0.1, 0.15) is 12.4 Å². The van der Waals surface area contributed by atoms with E-state index in [2.05, 4.69) is 34.0 Å². The van der Waals surface area contributed by atoms with Gasteiger partial charge in [0.15, 0.2) is 11.5 Å². The molecule has 0 unspecified atom stereocenters. The molecule has 0 aliphatic carbocycles. The number of nitrogens with one attached hydrogen (secondary N) is 2. The summed E-state index contributed by atoms with van der Waals surface area (Å²) in [6, 6.07) is 26.8. The Bertz CT molecular complexity index is 1450. The maximum atomic E-state index is 12.1. The Kier molecular flexibility index (Phi) is 9.50. The van der Waals surface area contributed by atoms with Crippen molar-refractivity contribution in [2.45, 2.75) is 26.4 Å². The first kappa shape index (κ1) is 27.2. The van der Waals surface area contributed by atoms with E-state index in [1.807, 2.05) is 37.3 Å². The van der Waals surface area contributed by atoms with Crippen molar-refractivity contribution in [3.63, 3.8) is 0 Å². The summed E-state index contributed by atoms with van der Waals surface area (Å²) in [5.41, 5.74) is 4.89. The van der Waals surface area contributed by atoms with Crippen LogP contribution in [0.3, 0.4) is 0 Å². The molecule has 0 fully saturated rings. The fourth-order valence-electron chi connectivity index (χ4n) is 3.94. The van der Waals surface area contributed by atoms with Crippen LogP contribution in [0.25, 0.3) is 10.8 Å². The third kappa shape index (κ3) is 7.82. The summed E-state index contributed by atoms with van der Waals surface area (Å²) < 4.78 is 16.9. The van der Waals surface area contributed by atoms with Crippen LogP contribution in [0.5, 0.6) is 17.2 Å². The molecule has 0 aromatic heterocycles. The highest BCUT2D eigenvalue weighted by Crippen LogP contribution is 2.29. The molecule has 39 heavy (non-hydrogen) atoms. The largest absolute Gasteiger partial charge is 0.494 e. The van der Waals surface area contributed by atoms with E-state index < -0.39 is 0 Å². The van der Waals surface area contributed by atoms with Crippen LogP contribution in [0.15, 0.2) is 90.0 Å². The van der Waals surface area contributed by atoms with E-state index in [1.165, 1.54) is 6.21 Å². The second-order valence-electron chi connectivity index (χ2n) is 8.64. The first-order valence-electron chi connectivity index (χ1n) is 12.7. The number of hydrogen-bond donors (Lipinski definition) is 2. The van der Waals surface area contributed by atoms with Crippen LogP contribution >= 0.6 is 0 Å². The van der Waals surface area contributed by atoms with Crippen LogP contribution in [0, 0.1) is 0 Å².